The lowest BCUT2D eigenvalue weighted by molar-refractivity contribution is 0.648. The molecule has 2 aromatic heterocycles. The van der Waals surface area contributed by atoms with Crippen molar-refractivity contribution in [3.05, 3.63) is 77.2 Å². The summed E-state index contributed by atoms with van der Waals surface area (Å²) in [6.07, 6.45) is 3.47. The van der Waals surface area contributed by atoms with Crippen molar-refractivity contribution in [3.63, 3.8) is 0 Å². The van der Waals surface area contributed by atoms with Gasteiger partial charge in [-0.25, -0.2) is 14.6 Å². The van der Waals surface area contributed by atoms with Gasteiger partial charge in [0.05, 0.1) is 29.8 Å². The van der Waals surface area contributed by atoms with Crippen LogP contribution in [0.15, 0.2) is 61.1 Å². The highest BCUT2D eigenvalue weighted by Crippen LogP contribution is 2.26. The lowest BCUT2D eigenvalue weighted by Gasteiger charge is -2.36. The maximum Gasteiger partial charge on any atom is 0.163 e. The molecule has 0 spiro atoms. The molecule has 1 saturated heterocycles. The third-order valence-corrected chi connectivity index (χ3v) is 5.85. The van der Waals surface area contributed by atoms with Crippen LogP contribution in [0.2, 0.25) is 5.02 Å². The van der Waals surface area contributed by atoms with Crippen LogP contribution in [-0.2, 0) is 6.54 Å². The van der Waals surface area contributed by atoms with Gasteiger partial charge in [0.15, 0.2) is 5.65 Å². The number of fused-ring (bicyclic) bond motifs is 1. The molecule has 0 saturated carbocycles. The highest BCUT2D eigenvalue weighted by atomic mass is 35.5. The third-order valence-electron chi connectivity index (χ3n) is 5.60. The highest BCUT2D eigenvalue weighted by molar-refractivity contribution is 6.30. The molecule has 8 heteroatoms. The van der Waals surface area contributed by atoms with Gasteiger partial charge in [-0.1, -0.05) is 23.7 Å². The first-order chi connectivity index (χ1) is 15.2. The molecule has 0 radical (unpaired) electrons. The lowest BCUT2D eigenvalue weighted by atomic mass is 10.2. The highest BCUT2D eigenvalue weighted by Gasteiger charge is 2.21. The summed E-state index contributed by atoms with van der Waals surface area (Å²) in [4.78, 5) is 13.7. The Balaban J connectivity index is 1.33. The smallest absolute Gasteiger partial charge is 0.163 e. The molecule has 1 aliphatic heterocycles. The number of nitriles is 1. The second kappa shape index (κ2) is 8.25. The predicted molar refractivity (Wildman–Crippen MR) is 121 cm³/mol. The molecule has 31 heavy (non-hydrogen) atoms. The van der Waals surface area contributed by atoms with Crippen LogP contribution < -0.4 is 9.80 Å². The third kappa shape index (κ3) is 3.90. The van der Waals surface area contributed by atoms with Crippen LogP contribution >= 0.6 is 11.6 Å². The van der Waals surface area contributed by atoms with E-state index in [4.69, 9.17) is 16.9 Å². The van der Waals surface area contributed by atoms with Crippen molar-refractivity contribution in [2.75, 3.05) is 36.0 Å². The number of halogens is 1. The normalized spacial score (nSPS) is 14.1. The number of nitrogens with zero attached hydrogens (tertiary/aromatic N) is 7. The van der Waals surface area contributed by atoms with Gasteiger partial charge in [-0.2, -0.15) is 10.4 Å². The summed E-state index contributed by atoms with van der Waals surface area (Å²) in [5.74, 6) is 0.923. The van der Waals surface area contributed by atoms with E-state index in [9.17, 15) is 0 Å². The van der Waals surface area contributed by atoms with Gasteiger partial charge >= 0.3 is 0 Å². The van der Waals surface area contributed by atoms with Gasteiger partial charge in [0.1, 0.15) is 12.1 Å². The molecule has 154 valence electrons. The monoisotopic (exact) mass is 429 g/mol. The van der Waals surface area contributed by atoms with Crippen LogP contribution in [-0.4, -0.2) is 45.9 Å². The fourth-order valence-corrected chi connectivity index (χ4v) is 4.06. The average Bonchev–Trinajstić information content (AvgIpc) is 3.24. The molecule has 0 unspecified atom stereocenters. The topological polar surface area (TPSA) is 73.9 Å². The minimum atomic E-state index is 0.629. The molecule has 3 heterocycles. The maximum atomic E-state index is 8.99. The molecule has 5 rings (SSSR count). The summed E-state index contributed by atoms with van der Waals surface area (Å²) in [6, 6.07) is 17.7. The van der Waals surface area contributed by atoms with Crippen LogP contribution in [0.3, 0.4) is 0 Å². The maximum absolute atomic E-state index is 8.99. The number of hydrogen-bond donors (Lipinski definition) is 0. The Bertz CT molecular complexity index is 1230. The van der Waals surface area contributed by atoms with E-state index in [1.54, 1.807) is 6.33 Å². The van der Waals surface area contributed by atoms with E-state index < -0.39 is 0 Å². The minimum Gasteiger partial charge on any atom is -0.368 e. The second-order valence-electron chi connectivity index (χ2n) is 7.50. The van der Waals surface area contributed by atoms with Crippen molar-refractivity contribution >= 4 is 34.1 Å². The number of piperazine rings is 1. The summed E-state index contributed by atoms with van der Waals surface area (Å²) >= 11 is 5.99. The minimum absolute atomic E-state index is 0.629. The number of aromatic nitrogens is 4. The number of hydrogen-bond acceptors (Lipinski definition) is 6. The molecule has 0 amide bonds. The van der Waals surface area contributed by atoms with Crippen LogP contribution in [0.25, 0.3) is 11.0 Å². The first-order valence-electron chi connectivity index (χ1n) is 10.1. The quantitative estimate of drug-likeness (QED) is 0.492. The molecule has 7 nitrogen and oxygen atoms in total. The summed E-state index contributed by atoms with van der Waals surface area (Å²) in [5.41, 5.74) is 3.77. The molecule has 0 bridgehead atoms. The van der Waals surface area contributed by atoms with E-state index in [1.807, 2.05) is 59.4 Å². The number of rotatable bonds is 4. The van der Waals surface area contributed by atoms with Gasteiger partial charge in [0.2, 0.25) is 0 Å². The number of benzene rings is 2. The van der Waals surface area contributed by atoms with Crippen molar-refractivity contribution in [3.8, 4) is 6.07 Å². The van der Waals surface area contributed by atoms with Crippen LogP contribution in [0, 0.1) is 11.3 Å². The van der Waals surface area contributed by atoms with Crippen molar-refractivity contribution in [2.45, 2.75) is 6.54 Å². The Morgan fingerprint density at radius 2 is 1.61 bits per heavy atom. The van der Waals surface area contributed by atoms with Crippen molar-refractivity contribution in [1.29, 1.82) is 5.26 Å². The van der Waals surface area contributed by atoms with Gasteiger partial charge in [0.25, 0.3) is 0 Å². The Labute approximate surface area is 185 Å². The molecule has 1 aliphatic rings. The van der Waals surface area contributed by atoms with E-state index in [0.717, 1.165) is 59.3 Å². The molecular formula is C23H20ClN7. The summed E-state index contributed by atoms with van der Waals surface area (Å²) in [6.45, 7) is 4.11. The lowest BCUT2D eigenvalue weighted by Crippen LogP contribution is -2.46. The largest absolute Gasteiger partial charge is 0.368 e. The first kappa shape index (κ1) is 19.3. The Morgan fingerprint density at radius 1 is 0.903 bits per heavy atom. The second-order valence-corrected chi connectivity index (χ2v) is 7.93. The molecule has 2 aromatic carbocycles. The van der Waals surface area contributed by atoms with Gasteiger partial charge < -0.3 is 9.80 Å². The zero-order valence-corrected chi connectivity index (χ0v) is 17.6. The zero-order chi connectivity index (χ0) is 21.2. The van der Waals surface area contributed by atoms with Gasteiger partial charge in [-0.3, -0.25) is 0 Å². The summed E-state index contributed by atoms with van der Waals surface area (Å²) in [7, 11) is 0. The summed E-state index contributed by atoms with van der Waals surface area (Å²) < 4.78 is 1.90. The summed E-state index contributed by atoms with van der Waals surface area (Å²) in [5, 5.41) is 15.2. The predicted octanol–water partition coefficient (Wildman–Crippen LogP) is 3.73. The molecule has 0 atom stereocenters. The molecule has 1 fully saturated rings. The first-order valence-corrected chi connectivity index (χ1v) is 10.5. The van der Waals surface area contributed by atoms with Crippen molar-refractivity contribution in [1.82, 2.24) is 19.7 Å². The Kier molecular flexibility index (Phi) is 5.14. The fourth-order valence-electron chi connectivity index (χ4n) is 3.93. The molecule has 0 aliphatic carbocycles. The molecule has 0 N–H and O–H groups in total. The van der Waals surface area contributed by atoms with E-state index in [1.165, 1.54) is 0 Å². The van der Waals surface area contributed by atoms with Gasteiger partial charge in [0, 0.05) is 36.9 Å². The van der Waals surface area contributed by atoms with E-state index >= 15 is 0 Å². The van der Waals surface area contributed by atoms with E-state index in [2.05, 4.69) is 30.9 Å². The van der Waals surface area contributed by atoms with Gasteiger partial charge in [-0.15, -0.1) is 0 Å². The Morgan fingerprint density at radius 3 is 2.32 bits per heavy atom. The SMILES string of the molecule is N#Cc1ccc(N2CCN(c3ncnc4c3cnn4Cc3ccc(Cl)cc3)CC2)cc1. The Hall–Kier alpha value is -3.63. The van der Waals surface area contributed by atoms with E-state index in [0.29, 0.717) is 12.1 Å². The molecule has 4 aromatic rings. The number of anilines is 2. The fraction of sp³-hybridized carbons (Fsp3) is 0.217. The van der Waals surface area contributed by atoms with Crippen molar-refractivity contribution < 1.29 is 0 Å². The van der Waals surface area contributed by atoms with Gasteiger partial charge in [-0.05, 0) is 42.0 Å². The van der Waals surface area contributed by atoms with Crippen LogP contribution in [0.4, 0.5) is 11.5 Å². The van der Waals surface area contributed by atoms with Crippen LogP contribution in [0.1, 0.15) is 11.1 Å². The van der Waals surface area contributed by atoms with Crippen molar-refractivity contribution in [2.24, 2.45) is 0 Å². The van der Waals surface area contributed by atoms with E-state index in [-0.39, 0.29) is 0 Å². The average molecular weight is 430 g/mol. The standard InChI is InChI=1S/C23H20ClN7/c24-19-5-1-18(2-6-19)15-31-23-21(14-28-31)22(26-16-27-23)30-11-9-29(10-12-30)20-7-3-17(13-25)4-8-20/h1-8,14,16H,9-12,15H2. The zero-order valence-electron chi connectivity index (χ0n) is 16.8. The van der Waals surface area contributed by atoms with Crippen LogP contribution in [0.5, 0.6) is 0 Å². The molecular weight excluding hydrogens is 410 g/mol.